The van der Waals surface area contributed by atoms with Gasteiger partial charge in [0, 0.05) is 14.2 Å². The lowest BCUT2D eigenvalue weighted by Crippen LogP contribution is -2.44. The lowest BCUT2D eigenvalue weighted by Gasteiger charge is -2.19. The van der Waals surface area contributed by atoms with Gasteiger partial charge in [0.1, 0.15) is 11.8 Å². The molecular formula is C10H17ClN2O3. The molecule has 6 heteroatoms. The summed E-state index contributed by atoms with van der Waals surface area (Å²) in [4.78, 5) is 13.2. The number of hydrogen-bond acceptors (Lipinski definition) is 4. The number of furan rings is 1. The zero-order valence-electron chi connectivity index (χ0n) is 9.38. The zero-order valence-corrected chi connectivity index (χ0v) is 10.2. The van der Waals surface area contributed by atoms with E-state index in [0.29, 0.717) is 6.54 Å². The van der Waals surface area contributed by atoms with Crippen LogP contribution in [0, 0.1) is 0 Å². The summed E-state index contributed by atoms with van der Waals surface area (Å²) < 4.78 is 9.94. The molecule has 1 aromatic heterocycles. The minimum Gasteiger partial charge on any atom is -0.467 e. The number of rotatable bonds is 5. The molecule has 0 spiro atoms. The molecule has 5 nitrogen and oxygen atoms in total. The fourth-order valence-electron chi connectivity index (χ4n) is 1.25. The predicted molar refractivity (Wildman–Crippen MR) is 62.3 cm³/mol. The number of ether oxygens (including phenoxy) is 1. The van der Waals surface area contributed by atoms with E-state index in [0.717, 1.165) is 5.76 Å². The van der Waals surface area contributed by atoms with Gasteiger partial charge in [-0.25, -0.2) is 0 Å². The first-order valence-electron chi connectivity index (χ1n) is 4.67. The van der Waals surface area contributed by atoms with Crippen molar-refractivity contribution >= 4 is 18.3 Å². The molecule has 1 unspecified atom stereocenters. The van der Waals surface area contributed by atoms with Gasteiger partial charge in [-0.2, -0.15) is 0 Å². The van der Waals surface area contributed by atoms with E-state index in [1.54, 1.807) is 19.4 Å². The first-order chi connectivity index (χ1) is 7.15. The average Bonchev–Trinajstić information content (AvgIpc) is 2.69. The van der Waals surface area contributed by atoms with E-state index in [2.05, 4.69) is 0 Å². The number of likely N-dealkylation sites (N-methyl/N-ethyl adjacent to an activating group) is 1. The van der Waals surface area contributed by atoms with Crippen LogP contribution >= 0.6 is 12.4 Å². The van der Waals surface area contributed by atoms with E-state index < -0.39 is 6.04 Å². The molecule has 0 aliphatic carbocycles. The Morgan fingerprint density at radius 2 is 2.38 bits per heavy atom. The normalized spacial score (nSPS) is 11.7. The number of nitrogens with two attached hydrogens (primary N) is 1. The molecular weight excluding hydrogens is 232 g/mol. The van der Waals surface area contributed by atoms with Crippen molar-refractivity contribution in [2.45, 2.75) is 12.6 Å². The Hall–Kier alpha value is -1.04. The minimum atomic E-state index is -0.616. The van der Waals surface area contributed by atoms with Gasteiger partial charge < -0.3 is 19.8 Å². The molecule has 0 fully saturated rings. The lowest BCUT2D eigenvalue weighted by molar-refractivity contribution is -0.133. The largest absolute Gasteiger partial charge is 0.467 e. The van der Waals surface area contributed by atoms with E-state index in [1.807, 2.05) is 6.07 Å². The third-order valence-electron chi connectivity index (χ3n) is 2.01. The van der Waals surface area contributed by atoms with Crippen LogP contribution in [0.3, 0.4) is 0 Å². The van der Waals surface area contributed by atoms with Crippen molar-refractivity contribution in [2.24, 2.45) is 5.73 Å². The third kappa shape index (κ3) is 4.22. The van der Waals surface area contributed by atoms with Crippen LogP contribution in [-0.4, -0.2) is 37.6 Å². The van der Waals surface area contributed by atoms with Crippen LogP contribution in [0.15, 0.2) is 22.8 Å². The van der Waals surface area contributed by atoms with E-state index in [1.165, 1.54) is 12.0 Å². The zero-order chi connectivity index (χ0) is 11.3. The fraction of sp³-hybridized carbons (Fsp3) is 0.500. The number of amides is 1. The molecule has 1 atom stereocenters. The Kier molecular flexibility index (Phi) is 6.80. The van der Waals surface area contributed by atoms with E-state index in [9.17, 15) is 4.79 Å². The molecule has 1 amide bonds. The molecule has 0 aliphatic rings. The molecule has 1 rings (SSSR count). The van der Waals surface area contributed by atoms with E-state index in [-0.39, 0.29) is 24.9 Å². The van der Waals surface area contributed by atoms with Gasteiger partial charge in [0.2, 0.25) is 5.91 Å². The van der Waals surface area contributed by atoms with Gasteiger partial charge in [-0.3, -0.25) is 4.79 Å². The summed E-state index contributed by atoms with van der Waals surface area (Å²) in [6.45, 7) is 0.643. The number of halogens is 1. The van der Waals surface area contributed by atoms with Crippen molar-refractivity contribution in [1.82, 2.24) is 4.90 Å². The van der Waals surface area contributed by atoms with Crippen LogP contribution in [0.25, 0.3) is 0 Å². The van der Waals surface area contributed by atoms with Crippen molar-refractivity contribution in [3.63, 3.8) is 0 Å². The highest BCUT2D eigenvalue weighted by atomic mass is 35.5. The first-order valence-corrected chi connectivity index (χ1v) is 4.67. The molecule has 0 saturated carbocycles. The highest BCUT2D eigenvalue weighted by Gasteiger charge is 2.18. The van der Waals surface area contributed by atoms with Crippen molar-refractivity contribution in [3.05, 3.63) is 24.2 Å². The van der Waals surface area contributed by atoms with Gasteiger partial charge in [0.15, 0.2) is 0 Å². The van der Waals surface area contributed by atoms with Crippen LogP contribution < -0.4 is 5.73 Å². The number of hydrogen-bond donors (Lipinski definition) is 1. The van der Waals surface area contributed by atoms with Crippen molar-refractivity contribution in [1.29, 1.82) is 0 Å². The summed E-state index contributed by atoms with van der Waals surface area (Å²) in [7, 11) is 3.19. The molecule has 0 bridgehead atoms. The SMILES string of the molecule is COCC(N)C(=O)N(C)Cc1ccco1.Cl. The van der Waals surface area contributed by atoms with Crippen LogP contribution in [0.5, 0.6) is 0 Å². The average molecular weight is 249 g/mol. The monoisotopic (exact) mass is 248 g/mol. The van der Waals surface area contributed by atoms with Gasteiger partial charge in [-0.05, 0) is 12.1 Å². The molecule has 0 saturated heterocycles. The highest BCUT2D eigenvalue weighted by Crippen LogP contribution is 2.04. The van der Waals surface area contributed by atoms with Gasteiger partial charge in [-0.15, -0.1) is 12.4 Å². The van der Waals surface area contributed by atoms with E-state index in [4.69, 9.17) is 14.9 Å². The number of nitrogens with zero attached hydrogens (tertiary/aromatic N) is 1. The predicted octanol–water partition coefficient (Wildman–Crippen LogP) is 0.634. The van der Waals surface area contributed by atoms with E-state index >= 15 is 0 Å². The maximum atomic E-state index is 11.6. The molecule has 1 aromatic rings. The summed E-state index contributed by atoms with van der Waals surface area (Å²) in [5.74, 6) is 0.573. The maximum absolute atomic E-state index is 11.6. The second-order valence-electron chi connectivity index (χ2n) is 3.34. The third-order valence-corrected chi connectivity index (χ3v) is 2.01. The summed E-state index contributed by atoms with van der Waals surface area (Å²) in [6, 6.07) is 2.98. The van der Waals surface area contributed by atoms with Crippen LogP contribution in [0.4, 0.5) is 0 Å². The second-order valence-corrected chi connectivity index (χ2v) is 3.34. The number of carbonyl (C=O) groups excluding carboxylic acids is 1. The Balaban J connectivity index is 0.00000225. The Morgan fingerprint density at radius 1 is 1.69 bits per heavy atom. The topological polar surface area (TPSA) is 68.7 Å². The minimum absolute atomic E-state index is 0. The Labute approximate surface area is 101 Å². The number of methoxy groups -OCH3 is 1. The van der Waals surface area contributed by atoms with Crippen molar-refractivity contribution < 1.29 is 13.9 Å². The summed E-state index contributed by atoms with van der Waals surface area (Å²) in [5, 5.41) is 0. The molecule has 1 heterocycles. The molecule has 16 heavy (non-hydrogen) atoms. The van der Waals surface area contributed by atoms with Crippen molar-refractivity contribution in [2.75, 3.05) is 20.8 Å². The maximum Gasteiger partial charge on any atom is 0.242 e. The van der Waals surface area contributed by atoms with Gasteiger partial charge in [0.05, 0.1) is 19.4 Å². The lowest BCUT2D eigenvalue weighted by atomic mass is 10.3. The number of carbonyl (C=O) groups is 1. The molecule has 92 valence electrons. The first kappa shape index (κ1) is 15.0. The van der Waals surface area contributed by atoms with Crippen LogP contribution in [0.1, 0.15) is 5.76 Å². The summed E-state index contributed by atoms with van der Waals surface area (Å²) in [5.41, 5.74) is 5.61. The molecule has 2 N–H and O–H groups in total. The Morgan fingerprint density at radius 3 is 2.88 bits per heavy atom. The highest BCUT2D eigenvalue weighted by molar-refractivity contribution is 5.85. The standard InChI is InChI=1S/C10H16N2O3.ClH/c1-12(6-8-4-3-5-15-8)10(13)9(11)7-14-2;/h3-5,9H,6-7,11H2,1-2H3;1H. The fourth-order valence-corrected chi connectivity index (χ4v) is 1.25. The van der Waals surface area contributed by atoms with Gasteiger partial charge >= 0.3 is 0 Å². The quantitative estimate of drug-likeness (QED) is 0.830. The molecule has 0 aliphatic heterocycles. The summed E-state index contributed by atoms with van der Waals surface area (Å²) >= 11 is 0. The van der Waals surface area contributed by atoms with Gasteiger partial charge in [0.25, 0.3) is 0 Å². The second kappa shape index (κ2) is 7.27. The summed E-state index contributed by atoms with van der Waals surface area (Å²) in [6.07, 6.45) is 1.57. The van der Waals surface area contributed by atoms with Crippen molar-refractivity contribution in [3.8, 4) is 0 Å². The Bertz CT molecular complexity index is 303. The molecule has 0 aromatic carbocycles. The van der Waals surface area contributed by atoms with Crippen LogP contribution in [-0.2, 0) is 16.1 Å². The van der Waals surface area contributed by atoms with Gasteiger partial charge in [-0.1, -0.05) is 0 Å². The molecule has 0 radical (unpaired) electrons. The van der Waals surface area contributed by atoms with Crippen LogP contribution in [0.2, 0.25) is 0 Å². The smallest absolute Gasteiger partial charge is 0.242 e.